The van der Waals surface area contributed by atoms with E-state index in [0.29, 0.717) is 42.2 Å². The number of carbonyl (C=O) groups excluding carboxylic acids is 2. The number of ether oxygens (including phenoxy) is 4. The Morgan fingerprint density at radius 3 is 2.31 bits per heavy atom. The van der Waals surface area contributed by atoms with Gasteiger partial charge in [0.05, 0.1) is 46.3 Å². The summed E-state index contributed by atoms with van der Waals surface area (Å²) in [7, 11) is 0.805. The van der Waals surface area contributed by atoms with Gasteiger partial charge in [0.25, 0.3) is 11.8 Å². The van der Waals surface area contributed by atoms with E-state index >= 15 is 4.79 Å². The van der Waals surface area contributed by atoms with Crippen LogP contribution in [0.25, 0.3) is 0 Å². The third-order valence-corrected chi connectivity index (χ3v) is 16.4. The van der Waals surface area contributed by atoms with E-state index in [1.54, 1.807) is 48.1 Å². The SMILES string of the molecule is COc1ccc([Si](C)(C)[C@@H]2[C@@H](CCn3cc(CCO)nn3)O[C@]3(C(=O)N(Cc4ccc(NC(=O)[C@H]5O[C@@H](O)[C@H](O)[C@@H](O)[C@@H]5O)cc4)c4ccc(OC)cc43)[C@H]2C)cc1. The molecule has 17 heteroatoms. The van der Waals surface area contributed by atoms with Gasteiger partial charge in [-0.15, -0.1) is 5.10 Å². The number of benzene rings is 3. The standard InChI is InChI=1S/C41H51N5O11Si/c1-23-37(58(4,5)29-13-10-27(54-2)11-14-29)32(16-18-45-22-26(17-19-47)43-44-45)57-41(23)30-20-28(55-3)12-15-31(30)46(40(41)53)21-24-6-8-25(9-7-24)42-38(51)36-34(49)33(48)35(50)39(52)56-36/h6-15,20,22-23,32-37,39,47-50,52H,16-19,21H2,1-5H3,(H,42,51)/t23-,32+,33-,34-,35+,36-,37-,39+,41+/m0/s1. The van der Waals surface area contributed by atoms with Crippen molar-refractivity contribution in [3.05, 3.63) is 89.7 Å². The predicted octanol–water partition coefficient (Wildman–Crippen LogP) is 1.42. The van der Waals surface area contributed by atoms with Crippen LogP contribution >= 0.6 is 0 Å². The number of anilines is 2. The number of methoxy groups -OCH3 is 2. The van der Waals surface area contributed by atoms with Crippen molar-refractivity contribution in [1.29, 1.82) is 0 Å². The Labute approximate surface area is 336 Å². The van der Waals surface area contributed by atoms with Crippen LogP contribution in [0.4, 0.5) is 11.4 Å². The Balaban J connectivity index is 1.18. The zero-order chi connectivity index (χ0) is 41.5. The summed E-state index contributed by atoms with van der Waals surface area (Å²) in [5.74, 6) is 0.0743. The van der Waals surface area contributed by atoms with E-state index in [4.69, 9.17) is 18.9 Å². The van der Waals surface area contributed by atoms with Gasteiger partial charge in [-0.1, -0.05) is 54.7 Å². The maximum atomic E-state index is 15.2. The first-order valence-electron chi connectivity index (χ1n) is 19.3. The number of nitrogens with one attached hydrogen (secondary N) is 1. The van der Waals surface area contributed by atoms with Gasteiger partial charge in [0.15, 0.2) is 18.0 Å². The maximum absolute atomic E-state index is 15.2. The van der Waals surface area contributed by atoms with E-state index < -0.39 is 50.3 Å². The minimum atomic E-state index is -2.42. The van der Waals surface area contributed by atoms with Crippen LogP contribution < -0.4 is 24.9 Å². The molecule has 6 N–H and O–H groups in total. The topological polar surface area (TPSA) is 218 Å². The summed E-state index contributed by atoms with van der Waals surface area (Å²) in [4.78, 5) is 29.9. The molecule has 0 radical (unpaired) electrons. The summed E-state index contributed by atoms with van der Waals surface area (Å²) in [6.07, 6.45) is -6.33. The fourth-order valence-electron chi connectivity index (χ4n) is 8.95. The number of amides is 2. The summed E-state index contributed by atoms with van der Waals surface area (Å²) in [6.45, 7) is 7.41. The van der Waals surface area contributed by atoms with Gasteiger partial charge in [-0.2, -0.15) is 0 Å². The number of hydrogen-bond donors (Lipinski definition) is 6. The van der Waals surface area contributed by atoms with Crippen LogP contribution in [0.2, 0.25) is 18.6 Å². The first-order valence-corrected chi connectivity index (χ1v) is 22.4. The van der Waals surface area contributed by atoms with E-state index in [1.807, 2.05) is 36.5 Å². The Morgan fingerprint density at radius 2 is 1.64 bits per heavy atom. The molecule has 310 valence electrons. The van der Waals surface area contributed by atoms with Gasteiger partial charge in [0.1, 0.15) is 29.8 Å². The van der Waals surface area contributed by atoms with Gasteiger partial charge in [0, 0.05) is 42.9 Å². The van der Waals surface area contributed by atoms with Crippen LogP contribution in [-0.2, 0) is 44.2 Å². The highest BCUT2D eigenvalue weighted by Gasteiger charge is 2.66. The highest BCUT2D eigenvalue weighted by Crippen LogP contribution is 2.60. The van der Waals surface area contributed by atoms with Crippen LogP contribution in [0.1, 0.15) is 30.2 Å². The lowest BCUT2D eigenvalue weighted by atomic mass is 9.82. The molecule has 1 aromatic heterocycles. The number of rotatable bonds is 13. The summed E-state index contributed by atoms with van der Waals surface area (Å²) in [5.41, 5.74) is 1.86. The molecule has 3 aliphatic rings. The predicted molar refractivity (Wildman–Crippen MR) is 213 cm³/mol. The normalized spacial score (nSPS) is 28.2. The smallest absolute Gasteiger partial charge is 0.264 e. The molecule has 0 bridgehead atoms. The van der Waals surface area contributed by atoms with Gasteiger partial charge in [-0.3, -0.25) is 14.3 Å². The zero-order valence-electron chi connectivity index (χ0n) is 33.1. The summed E-state index contributed by atoms with van der Waals surface area (Å²) in [6, 6.07) is 20.6. The van der Waals surface area contributed by atoms with Crippen molar-refractivity contribution in [3.8, 4) is 11.5 Å². The molecule has 2 amide bonds. The van der Waals surface area contributed by atoms with E-state index in [2.05, 4.69) is 47.8 Å². The van der Waals surface area contributed by atoms with Gasteiger partial charge in [0.2, 0.25) is 0 Å². The van der Waals surface area contributed by atoms with Crippen molar-refractivity contribution in [2.45, 2.75) is 93.9 Å². The number of fused-ring (bicyclic) bond motifs is 2. The molecule has 2 fully saturated rings. The number of nitrogens with zero attached hydrogens (tertiary/aromatic N) is 4. The van der Waals surface area contributed by atoms with Crippen molar-refractivity contribution < 1.29 is 54.1 Å². The molecule has 0 unspecified atom stereocenters. The fourth-order valence-corrected chi connectivity index (χ4v) is 13.0. The molecule has 2 saturated heterocycles. The van der Waals surface area contributed by atoms with Crippen LogP contribution in [0.3, 0.4) is 0 Å². The number of aliphatic hydroxyl groups is 5. The number of aromatic nitrogens is 3. The molecule has 16 nitrogen and oxygen atoms in total. The molecule has 4 aromatic rings. The third kappa shape index (κ3) is 7.41. The van der Waals surface area contributed by atoms with Crippen molar-refractivity contribution in [2.24, 2.45) is 5.92 Å². The number of hydrogen-bond acceptors (Lipinski definition) is 13. The second kappa shape index (κ2) is 16.5. The van der Waals surface area contributed by atoms with Crippen molar-refractivity contribution >= 4 is 36.4 Å². The zero-order valence-corrected chi connectivity index (χ0v) is 34.1. The van der Waals surface area contributed by atoms with Crippen LogP contribution in [0.5, 0.6) is 11.5 Å². The number of aliphatic hydroxyl groups excluding tert-OH is 5. The first kappa shape index (κ1) is 41.4. The van der Waals surface area contributed by atoms with Crippen molar-refractivity contribution in [2.75, 3.05) is 31.0 Å². The van der Waals surface area contributed by atoms with Crippen LogP contribution in [0, 0.1) is 5.92 Å². The Morgan fingerprint density at radius 1 is 0.948 bits per heavy atom. The molecule has 9 atom stereocenters. The van der Waals surface area contributed by atoms with Gasteiger partial charge >= 0.3 is 0 Å². The molecule has 4 heterocycles. The van der Waals surface area contributed by atoms with Gasteiger partial charge in [-0.05, 0) is 60.0 Å². The van der Waals surface area contributed by atoms with Crippen LogP contribution in [0.15, 0.2) is 72.9 Å². The van der Waals surface area contributed by atoms with E-state index in [9.17, 15) is 30.3 Å². The fraction of sp³-hybridized carbons (Fsp3) is 0.463. The second-order valence-corrected chi connectivity index (χ2v) is 20.5. The Kier molecular flexibility index (Phi) is 11.8. The first-order chi connectivity index (χ1) is 27.7. The average molecular weight is 818 g/mol. The molecule has 3 aliphatic heterocycles. The molecular formula is C41H51N5O11Si. The van der Waals surface area contributed by atoms with Crippen LogP contribution in [-0.4, -0.2) is 118 Å². The third-order valence-electron chi connectivity index (χ3n) is 12.0. The maximum Gasteiger partial charge on any atom is 0.264 e. The summed E-state index contributed by atoms with van der Waals surface area (Å²) < 4.78 is 25.2. The number of carbonyl (C=O) groups is 2. The molecule has 0 saturated carbocycles. The lowest BCUT2D eigenvalue weighted by Crippen LogP contribution is -2.60. The highest BCUT2D eigenvalue weighted by molar-refractivity contribution is 6.91. The molecular weight excluding hydrogens is 767 g/mol. The molecule has 7 rings (SSSR count). The van der Waals surface area contributed by atoms with Crippen molar-refractivity contribution in [1.82, 2.24) is 15.0 Å². The Bertz CT molecular complexity index is 2100. The quantitative estimate of drug-likeness (QED) is 0.105. The average Bonchev–Trinajstić information content (AvgIpc) is 3.87. The van der Waals surface area contributed by atoms with E-state index in [-0.39, 0.29) is 36.6 Å². The van der Waals surface area contributed by atoms with Gasteiger partial charge in [-0.25, -0.2) is 0 Å². The molecule has 3 aromatic carbocycles. The summed E-state index contributed by atoms with van der Waals surface area (Å²) >= 11 is 0. The molecule has 58 heavy (non-hydrogen) atoms. The van der Waals surface area contributed by atoms with E-state index in [0.717, 1.165) is 16.9 Å². The minimum absolute atomic E-state index is 0.0238. The Hall–Kier alpha value is -4.72. The lowest BCUT2D eigenvalue weighted by Gasteiger charge is -2.37. The molecule has 1 spiro atoms. The second-order valence-electron chi connectivity index (χ2n) is 15.8. The monoisotopic (exact) mass is 817 g/mol. The number of aryl methyl sites for hydroxylation is 1. The van der Waals surface area contributed by atoms with Gasteiger partial charge < -0.3 is 54.7 Å². The molecule has 0 aliphatic carbocycles. The minimum Gasteiger partial charge on any atom is -0.497 e. The van der Waals surface area contributed by atoms with E-state index in [1.165, 1.54) is 5.19 Å². The summed E-state index contributed by atoms with van der Waals surface area (Å²) in [5, 5.41) is 61.7. The largest absolute Gasteiger partial charge is 0.497 e. The highest BCUT2D eigenvalue weighted by atomic mass is 28.3. The lowest BCUT2D eigenvalue weighted by molar-refractivity contribution is -0.274. The van der Waals surface area contributed by atoms with Crippen molar-refractivity contribution in [3.63, 3.8) is 0 Å².